The van der Waals surface area contributed by atoms with Crippen LogP contribution in [0.4, 0.5) is 0 Å². The minimum atomic E-state index is -1.02. The lowest BCUT2D eigenvalue weighted by Crippen LogP contribution is -2.53. The van der Waals surface area contributed by atoms with Crippen molar-refractivity contribution in [3.05, 3.63) is 66.2 Å². The molecule has 0 aliphatic carbocycles. The third kappa shape index (κ3) is 6.18. The maximum Gasteiger partial charge on any atom is 0.217 e. The average molecular weight is 439 g/mol. The van der Waals surface area contributed by atoms with Crippen LogP contribution in [0, 0.1) is 0 Å². The molecule has 7 heteroatoms. The highest BCUT2D eigenvalue weighted by Crippen LogP contribution is 2.26. The van der Waals surface area contributed by atoms with Gasteiger partial charge in [0.15, 0.2) is 5.89 Å². The molecular weight excluding hydrogens is 408 g/mol. The summed E-state index contributed by atoms with van der Waals surface area (Å²) in [6.45, 7) is 2.81. The first-order valence-electron chi connectivity index (χ1n) is 10.8. The van der Waals surface area contributed by atoms with Crippen molar-refractivity contribution in [2.24, 2.45) is 0 Å². The Balaban J connectivity index is 1.58. The molecule has 0 aliphatic heterocycles. The van der Waals surface area contributed by atoms with Gasteiger partial charge in [0.05, 0.1) is 18.8 Å². The average Bonchev–Trinajstić information content (AvgIpc) is 3.27. The number of nitrogens with zero attached hydrogens (tertiary/aromatic N) is 1. The van der Waals surface area contributed by atoms with E-state index in [1.807, 2.05) is 48.5 Å². The van der Waals surface area contributed by atoms with Crippen LogP contribution in [-0.2, 0) is 17.6 Å². The van der Waals surface area contributed by atoms with E-state index in [4.69, 9.17) is 9.15 Å². The van der Waals surface area contributed by atoms with Crippen molar-refractivity contribution < 1.29 is 24.2 Å². The summed E-state index contributed by atoms with van der Waals surface area (Å²) in [5.74, 6) is 1.87. The molecule has 3 N–H and O–H groups in total. The molecule has 0 spiro atoms. The Morgan fingerprint density at radius 1 is 1.03 bits per heavy atom. The monoisotopic (exact) mass is 438 g/mol. The number of amides is 1. The van der Waals surface area contributed by atoms with E-state index in [0.717, 1.165) is 35.6 Å². The number of rotatable bonds is 11. The molecule has 0 unspecified atom stereocenters. The van der Waals surface area contributed by atoms with Gasteiger partial charge in [-0.3, -0.25) is 4.79 Å². The fraction of sp³-hybridized carbons (Fsp3) is 0.360. The summed E-state index contributed by atoms with van der Waals surface area (Å²) >= 11 is 0. The highest BCUT2D eigenvalue weighted by molar-refractivity contribution is 5.73. The van der Waals surface area contributed by atoms with Gasteiger partial charge in [-0.2, -0.15) is 0 Å². The quantitative estimate of drug-likeness (QED) is 0.420. The number of aryl methyl sites for hydroxylation is 2. The van der Waals surface area contributed by atoms with E-state index in [1.54, 1.807) is 6.26 Å². The molecule has 1 amide bonds. The number of aliphatic hydroxyl groups is 2. The van der Waals surface area contributed by atoms with Gasteiger partial charge in [-0.25, -0.2) is 4.98 Å². The van der Waals surface area contributed by atoms with E-state index >= 15 is 0 Å². The number of carbonyl (C=O) groups is 1. The maximum atomic E-state index is 11.4. The van der Waals surface area contributed by atoms with Crippen molar-refractivity contribution in [1.29, 1.82) is 0 Å². The molecule has 0 aliphatic rings. The lowest BCUT2D eigenvalue weighted by Gasteiger charge is -2.30. The maximum absolute atomic E-state index is 11.4. The predicted molar refractivity (Wildman–Crippen MR) is 121 cm³/mol. The van der Waals surface area contributed by atoms with Crippen molar-refractivity contribution in [2.75, 3.05) is 13.2 Å². The van der Waals surface area contributed by atoms with E-state index < -0.39 is 5.54 Å². The van der Waals surface area contributed by atoms with Crippen molar-refractivity contribution in [3.63, 3.8) is 0 Å². The minimum Gasteiger partial charge on any atom is -0.457 e. The second-order valence-electron chi connectivity index (χ2n) is 7.92. The number of nitrogens with one attached hydrogen (secondary N) is 1. The number of ether oxygens (including phenoxy) is 1. The summed E-state index contributed by atoms with van der Waals surface area (Å²) in [6.07, 6.45) is 4.50. The first-order valence-corrected chi connectivity index (χ1v) is 10.8. The topological polar surface area (TPSA) is 105 Å². The third-order valence-corrected chi connectivity index (χ3v) is 5.26. The summed E-state index contributed by atoms with van der Waals surface area (Å²) in [5, 5.41) is 21.9. The van der Waals surface area contributed by atoms with Gasteiger partial charge in [-0.15, -0.1) is 0 Å². The van der Waals surface area contributed by atoms with Gasteiger partial charge < -0.3 is 24.7 Å². The number of hydrogen-bond donors (Lipinski definition) is 3. The van der Waals surface area contributed by atoms with Gasteiger partial charge in [0.25, 0.3) is 0 Å². The number of aromatic nitrogens is 1. The molecule has 0 bridgehead atoms. The zero-order valence-electron chi connectivity index (χ0n) is 18.5. The lowest BCUT2D eigenvalue weighted by atomic mass is 9.92. The molecule has 170 valence electrons. The number of hydrogen-bond acceptors (Lipinski definition) is 6. The van der Waals surface area contributed by atoms with Crippen molar-refractivity contribution in [1.82, 2.24) is 10.3 Å². The van der Waals surface area contributed by atoms with Crippen LogP contribution in [0.25, 0.3) is 11.3 Å². The number of aliphatic hydroxyl groups excluding tert-OH is 2. The smallest absolute Gasteiger partial charge is 0.217 e. The van der Waals surface area contributed by atoms with Crippen molar-refractivity contribution in [2.45, 2.75) is 45.1 Å². The highest BCUT2D eigenvalue weighted by atomic mass is 16.5. The Kier molecular flexibility index (Phi) is 8.03. The van der Waals surface area contributed by atoms with Gasteiger partial charge >= 0.3 is 0 Å². The molecule has 2 aromatic carbocycles. The zero-order valence-corrected chi connectivity index (χ0v) is 18.5. The number of oxazole rings is 1. The summed E-state index contributed by atoms with van der Waals surface area (Å²) < 4.78 is 11.4. The highest BCUT2D eigenvalue weighted by Gasteiger charge is 2.29. The SMILES string of the molecule is CCCc1nc(-c2ccc(Oc3ccc(CCC(CO)(CO)NC(C)=O)cc3)cc2)co1. The number of benzene rings is 2. The van der Waals surface area contributed by atoms with Crippen LogP contribution in [0.2, 0.25) is 0 Å². The molecule has 0 atom stereocenters. The van der Waals surface area contributed by atoms with Crippen LogP contribution in [0.3, 0.4) is 0 Å². The van der Waals surface area contributed by atoms with Crippen molar-refractivity contribution in [3.8, 4) is 22.8 Å². The Labute approximate surface area is 188 Å². The Hall–Kier alpha value is -3.16. The molecule has 32 heavy (non-hydrogen) atoms. The number of carbonyl (C=O) groups excluding carboxylic acids is 1. The molecule has 3 aromatic rings. The molecule has 1 aromatic heterocycles. The molecule has 7 nitrogen and oxygen atoms in total. The van der Waals surface area contributed by atoms with Crippen LogP contribution < -0.4 is 10.1 Å². The molecule has 3 rings (SSSR count). The largest absolute Gasteiger partial charge is 0.457 e. The van der Waals surface area contributed by atoms with E-state index in [-0.39, 0.29) is 19.1 Å². The Morgan fingerprint density at radius 2 is 1.66 bits per heavy atom. The minimum absolute atomic E-state index is 0.284. The molecule has 0 fully saturated rings. The first-order chi connectivity index (χ1) is 15.5. The molecule has 0 saturated carbocycles. The zero-order chi connectivity index (χ0) is 23.0. The van der Waals surface area contributed by atoms with Crippen LogP contribution >= 0.6 is 0 Å². The van der Waals surface area contributed by atoms with Crippen LogP contribution in [0.15, 0.2) is 59.2 Å². The third-order valence-electron chi connectivity index (χ3n) is 5.26. The lowest BCUT2D eigenvalue weighted by molar-refractivity contribution is -0.122. The van der Waals surface area contributed by atoms with E-state index in [9.17, 15) is 15.0 Å². The summed E-state index contributed by atoms with van der Waals surface area (Å²) in [4.78, 5) is 15.9. The Morgan fingerprint density at radius 3 is 2.22 bits per heavy atom. The summed E-state index contributed by atoms with van der Waals surface area (Å²) in [5.41, 5.74) is 1.77. The van der Waals surface area contributed by atoms with Gasteiger partial charge in [-0.05, 0) is 61.2 Å². The second kappa shape index (κ2) is 10.9. The van der Waals surface area contributed by atoms with E-state index in [0.29, 0.717) is 24.3 Å². The van der Waals surface area contributed by atoms with Gasteiger partial charge in [0.2, 0.25) is 5.91 Å². The molecule has 0 radical (unpaired) electrons. The van der Waals surface area contributed by atoms with Crippen molar-refractivity contribution >= 4 is 5.91 Å². The Bertz CT molecular complexity index is 992. The van der Waals surface area contributed by atoms with Gasteiger partial charge in [0.1, 0.15) is 23.5 Å². The van der Waals surface area contributed by atoms with E-state index in [1.165, 1.54) is 6.92 Å². The van der Waals surface area contributed by atoms with Gasteiger partial charge in [0, 0.05) is 18.9 Å². The fourth-order valence-electron chi connectivity index (χ4n) is 3.43. The molecule has 1 heterocycles. The predicted octanol–water partition coefficient (Wildman–Crippen LogP) is 3.88. The summed E-state index contributed by atoms with van der Waals surface area (Å²) in [7, 11) is 0. The fourth-order valence-corrected chi connectivity index (χ4v) is 3.43. The first kappa shape index (κ1) is 23.5. The van der Waals surface area contributed by atoms with Crippen LogP contribution in [0.5, 0.6) is 11.5 Å². The summed E-state index contributed by atoms with van der Waals surface area (Å²) in [6, 6.07) is 15.3. The molecular formula is C25H30N2O5. The van der Waals surface area contributed by atoms with Crippen LogP contribution in [0.1, 0.15) is 38.1 Å². The standard InChI is InChI=1S/C25H30N2O5/c1-3-4-24-26-23(15-31-24)20-7-11-22(12-8-20)32-21-9-5-19(6-10-21)13-14-25(16-28,17-29)27-18(2)30/h5-12,15,28-29H,3-4,13-14,16-17H2,1-2H3,(H,27,30). The molecule has 0 saturated heterocycles. The van der Waals surface area contributed by atoms with Crippen LogP contribution in [-0.4, -0.2) is 39.9 Å². The van der Waals surface area contributed by atoms with Gasteiger partial charge in [-0.1, -0.05) is 19.1 Å². The second-order valence-corrected chi connectivity index (χ2v) is 7.92. The van der Waals surface area contributed by atoms with E-state index in [2.05, 4.69) is 17.2 Å². The normalized spacial score (nSPS) is 11.4.